The zero-order chi connectivity index (χ0) is 14.4. The van der Waals surface area contributed by atoms with E-state index in [1.54, 1.807) is 12.1 Å². The summed E-state index contributed by atoms with van der Waals surface area (Å²) in [5, 5.41) is 0. The van der Waals surface area contributed by atoms with Crippen molar-refractivity contribution < 1.29 is 13.2 Å². The van der Waals surface area contributed by atoms with Gasteiger partial charge in [0.05, 0.1) is 16.7 Å². The normalized spacial score (nSPS) is 11.2. The first-order valence-corrected chi connectivity index (χ1v) is 6.25. The summed E-state index contributed by atoms with van der Waals surface area (Å²) in [4.78, 5) is 2.93. The SMILES string of the molecule is Cc1cccc2c1[nH]c(=S)n2-c1cc(F)cc(F)c1F. The molecule has 0 fully saturated rings. The maximum Gasteiger partial charge on any atom is 0.183 e. The van der Waals surface area contributed by atoms with Crippen molar-refractivity contribution in [2.45, 2.75) is 6.92 Å². The number of fused-ring (bicyclic) bond motifs is 1. The number of aryl methyl sites for hydroxylation is 1. The van der Waals surface area contributed by atoms with Gasteiger partial charge in [0.15, 0.2) is 16.4 Å². The quantitative estimate of drug-likeness (QED) is 0.520. The number of halogens is 3. The minimum Gasteiger partial charge on any atom is -0.330 e. The van der Waals surface area contributed by atoms with Crippen molar-refractivity contribution in [2.24, 2.45) is 0 Å². The van der Waals surface area contributed by atoms with E-state index in [1.165, 1.54) is 4.57 Å². The molecule has 3 rings (SSSR count). The van der Waals surface area contributed by atoms with Gasteiger partial charge >= 0.3 is 0 Å². The van der Waals surface area contributed by atoms with Gasteiger partial charge in [-0.05, 0) is 30.8 Å². The van der Waals surface area contributed by atoms with E-state index in [1.807, 2.05) is 13.0 Å². The van der Waals surface area contributed by atoms with E-state index in [0.717, 1.165) is 11.6 Å². The molecule has 1 N–H and O–H groups in total. The molecule has 20 heavy (non-hydrogen) atoms. The topological polar surface area (TPSA) is 20.7 Å². The number of H-pyrrole nitrogens is 1. The Labute approximate surface area is 117 Å². The van der Waals surface area contributed by atoms with E-state index >= 15 is 0 Å². The molecule has 0 amide bonds. The average molecular weight is 294 g/mol. The fourth-order valence-corrected chi connectivity index (χ4v) is 2.52. The van der Waals surface area contributed by atoms with Gasteiger partial charge < -0.3 is 4.98 Å². The van der Waals surface area contributed by atoms with Crippen LogP contribution in [0.5, 0.6) is 0 Å². The highest BCUT2D eigenvalue weighted by Crippen LogP contribution is 2.25. The van der Waals surface area contributed by atoms with E-state index in [2.05, 4.69) is 4.98 Å². The van der Waals surface area contributed by atoms with Crippen molar-refractivity contribution in [3.8, 4) is 5.69 Å². The van der Waals surface area contributed by atoms with E-state index < -0.39 is 17.5 Å². The lowest BCUT2D eigenvalue weighted by Crippen LogP contribution is -2.01. The monoisotopic (exact) mass is 294 g/mol. The summed E-state index contributed by atoms with van der Waals surface area (Å²) in [6.07, 6.45) is 0. The molecule has 6 heteroatoms. The van der Waals surface area contributed by atoms with E-state index in [9.17, 15) is 13.2 Å². The molecule has 0 saturated heterocycles. The third-order valence-corrected chi connectivity index (χ3v) is 3.43. The van der Waals surface area contributed by atoms with Gasteiger partial charge in [0.1, 0.15) is 5.82 Å². The molecule has 0 aliphatic carbocycles. The first kappa shape index (κ1) is 12.9. The molecule has 0 aliphatic heterocycles. The Balaban J connectivity index is 2.45. The molecule has 0 radical (unpaired) electrons. The number of para-hydroxylation sites is 1. The average Bonchev–Trinajstić information content (AvgIpc) is 2.72. The molecule has 2 nitrogen and oxygen atoms in total. The van der Waals surface area contributed by atoms with Crippen LogP contribution in [0.2, 0.25) is 0 Å². The maximum absolute atomic E-state index is 13.9. The number of aromatic amines is 1. The Morgan fingerprint density at radius 3 is 2.65 bits per heavy atom. The molecule has 0 unspecified atom stereocenters. The largest absolute Gasteiger partial charge is 0.330 e. The van der Waals surface area contributed by atoms with Crippen molar-refractivity contribution in [1.29, 1.82) is 0 Å². The predicted octanol–water partition coefficient (Wildman–Crippen LogP) is 4.41. The third kappa shape index (κ3) is 1.84. The predicted molar refractivity (Wildman–Crippen MR) is 73.1 cm³/mol. The van der Waals surface area contributed by atoms with Crippen LogP contribution in [0.1, 0.15) is 5.56 Å². The van der Waals surface area contributed by atoms with E-state index in [4.69, 9.17) is 12.2 Å². The Kier molecular flexibility index (Phi) is 2.90. The Morgan fingerprint density at radius 2 is 1.90 bits per heavy atom. The number of nitrogens with one attached hydrogen (secondary N) is 1. The highest BCUT2D eigenvalue weighted by molar-refractivity contribution is 7.71. The van der Waals surface area contributed by atoms with Crippen LogP contribution in [-0.4, -0.2) is 9.55 Å². The fraction of sp³-hybridized carbons (Fsp3) is 0.0714. The molecule has 2 aromatic carbocycles. The summed E-state index contributed by atoms with van der Waals surface area (Å²) in [7, 11) is 0. The van der Waals surface area contributed by atoms with Gasteiger partial charge in [-0.15, -0.1) is 0 Å². The molecule has 3 aromatic rings. The van der Waals surface area contributed by atoms with Crippen LogP contribution < -0.4 is 0 Å². The highest BCUT2D eigenvalue weighted by Gasteiger charge is 2.16. The summed E-state index contributed by atoms with van der Waals surface area (Å²) in [5.74, 6) is -3.24. The van der Waals surface area contributed by atoms with Crippen LogP contribution in [-0.2, 0) is 0 Å². The molecule has 1 aromatic heterocycles. The number of aromatic nitrogens is 2. The first-order chi connectivity index (χ1) is 9.49. The molecule has 0 atom stereocenters. The van der Waals surface area contributed by atoms with Crippen LogP contribution in [0, 0.1) is 29.1 Å². The molecule has 1 heterocycles. The lowest BCUT2D eigenvalue weighted by atomic mass is 10.2. The Bertz CT molecular complexity index is 880. The van der Waals surface area contributed by atoms with Gasteiger partial charge in [0.2, 0.25) is 0 Å². The van der Waals surface area contributed by atoms with Crippen LogP contribution in [0.15, 0.2) is 30.3 Å². The van der Waals surface area contributed by atoms with Gasteiger partial charge in [-0.1, -0.05) is 12.1 Å². The van der Waals surface area contributed by atoms with Crippen LogP contribution >= 0.6 is 12.2 Å². The number of imidazole rings is 1. The van der Waals surface area contributed by atoms with Gasteiger partial charge in [-0.2, -0.15) is 0 Å². The zero-order valence-electron chi connectivity index (χ0n) is 10.4. The summed E-state index contributed by atoms with van der Waals surface area (Å²) < 4.78 is 42.1. The second-order valence-corrected chi connectivity index (χ2v) is 4.84. The van der Waals surface area contributed by atoms with Crippen molar-refractivity contribution in [3.63, 3.8) is 0 Å². The van der Waals surface area contributed by atoms with Crippen LogP contribution in [0.3, 0.4) is 0 Å². The van der Waals surface area contributed by atoms with E-state index in [0.29, 0.717) is 17.1 Å². The van der Waals surface area contributed by atoms with E-state index in [-0.39, 0.29) is 10.5 Å². The molecule has 102 valence electrons. The molecular formula is C14H9F3N2S. The second-order valence-electron chi connectivity index (χ2n) is 4.46. The smallest absolute Gasteiger partial charge is 0.183 e. The van der Waals surface area contributed by atoms with Crippen LogP contribution in [0.4, 0.5) is 13.2 Å². The number of rotatable bonds is 1. The van der Waals surface area contributed by atoms with Gasteiger partial charge in [-0.25, -0.2) is 13.2 Å². The highest BCUT2D eigenvalue weighted by atomic mass is 32.1. The first-order valence-electron chi connectivity index (χ1n) is 5.84. The molecular weight excluding hydrogens is 285 g/mol. The van der Waals surface area contributed by atoms with Crippen LogP contribution in [0.25, 0.3) is 16.7 Å². The molecule has 0 aliphatic rings. The van der Waals surface area contributed by atoms with Crippen molar-refractivity contribution in [3.05, 3.63) is 58.1 Å². The summed E-state index contributed by atoms with van der Waals surface area (Å²) in [5.41, 5.74) is 1.94. The molecule has 0 spiro atoms. The zero-order valence-corrected chi connectivity index (χ0v) is 11.2. The number of hydrogen-bond acceptors (Lipinski definition) is 1. The number of benzene rings is 2. The standard InChI is InChI=1S/C14H9F3N2S/c1-7-3-2-4-10-13(7)18-14(20)19(10)11-6-8(15)5-9(16)12(11)17/h2-6H,1H3,(H,18,20). The van der Waals surface area contributed by atoms with Gasteiger partial charge in [0.25, 0.3) is 0 Å². The van der Waals surface area contributed by atoms with Gasteiger partial charge in [0, 0.05) is 12.1 Å². The second kappa shape index (κ2) is 4.49. The van der Waals surface area contributed by atoms with Crippen molar-refractivity contribution in [2.75, 3.05) is 0 Å². The Morgan fingerprint density at radius 1 is 1.15 bits per heavy atom. The summed E-state index contributed by atoms with van der Waals surface area (Å²) in [6, 6.07) is 6.76. The minimum absolute atomic E-state index is 0.179. The summed E-state index contributed by atoms with van der Waals surface area (Å²) >= 11 is 5.14. The number of hydrogen-bond donors (Lipinski definition) is 1. The van der Waals surface area contributed by atoms with Gasteiger partial charge in [-0.3, -0.25) is 4.57 Å². The lowest BCUT2D eigenvalue weighted by Gasteiger charge is -2.07. The van der Waals surface area contributed by atoms with Crippen molar-refractivity contribution >= 4 is 23.3 Å². The van der Waals surface area contributed by atoms with Crippen molar-refractivity contribution in [1.82, 2.24) is 9.55 Å². The third-order valence-electron chi connectivity index (χ3n) is 3.14. The molecule has 0 bridgehead atoms. The summed E-state index contributed by atoms with van der Waals surface area (Å²) in [6.45, 7) is 1.86. The molecule has 0 saturated carbocycles. The number of nitrogens with zero attached hydrogens (tertiary/aromatic N) is 1. The fourth-order valence-electron chi connectivity index (χ4n) is 2.22. The maximum atomic E-state index is 13.9. The Hall–Kier alpha value is -2.08. The minimum atomic E-state index is -1.25. The lowest BCUT2D eigenvalue weighted by molar-refractivity contribution is 0.491.